The molecule has 0 fully saturated rings. The number of hydrogen-bond donors (Lipinski definition) is 0. The van der Waals surface area contributed by atoms with Crippen LogP contribution in [0.4, 0.5) is 4.39 Å². The van der Waals surface area contributed by atoms with E-state index < -0.39 is 0 Å². The fraction of sp³-hybridized carbons (Fsp3) is 0.556. The number of aromatic nitrogens is 2. The van der Waals surface area contributed by atoms with E-state index >= 15 is 0 Å². The molecule has 0 spiro atoms. The Morgan fingerprint density at radius 2 is 2.23 bits per heavy atom. The third-order valence-electron chi connectivity index (χ3n) is 1.86. The van der Waals surface area contributed by atoms with Crippen LogP contribution < -0.4 is 0 Å². The SMILES string of the molecule is CCCc1c(F)c(C)nn1C(C)=O. The van der Waals surface area contributed by atoms with Gasteiger partial charge in [0, 0.05) is 6.92 Å². The summed E-state index contributed by atoms with van der Waals surface area (Å²) >= 11 is 0. The molecule has 0 aromatic carbocycles. The molecule has 0 amide bonds. The van der Waals surface area contributed by atoms with Gasteiger partial charge in [0.25, 0.3) is 0 Å². The Hall–Kier alpha value is -1.19. The average Bonchev–Trinajstić information content (AvgIpc) is 2.33. The molecule has 0 aliphatic heterocycles. The van der Waals surface area contributed by atoms with Gasteiger partial charge in [0.05, 0.1) is 11.4 Å². The maximum absolute atomic E-state index is 13.3. The van der Waals surface area contributed by atoms with Gasteiger partial charge in [-0.05, 0) is 13.3 Å². The molecule has 0 radical (unpaired) electrons. The first-order chi connectivity index (χ1) is 6.07. The normalized spacial score (nSPS) is 10.5. The highest BCUT2D eigenvalue weighted by Crippen LogP contribution is 2.13. The van der Waals surface area contributed by atoms with Crippen LogP contribution in [0, 0.1) is 12.7 Å². The van der Waals surface area contributed by atoms with Crippen molar-refractivity contribution >= 4 is 5.91 Å². The van der Waals surface area contributed by atoms with Gasteiger partial charge in [0.1, 0.15) is 0 Å². The first-order valence-electron chi connectivity index (χ1n) is 4.32. The van der Waals surface area contributed by atoms with Gasteiger partial charge in [-0.3, -0.25) is 4.79 Å². The minimum atomic E-state index is -0.350. The van der Waals surface area contributed by atoms with Gasteiger partial charge >= 0.3 is 0 Å². The zero-order valence-corrected chi connectivity index (χ0v) is 8.09. The van der Waals surface area contributed by atoms with Gasteiger partial charge in [-0.1, -0.05) is 13.3 Å². The fourth-order valence-electron chi connectivity index (χ4n) is 1.27. The maximum Gasteiger partial charge on any atom is 0.244 e. The zero-order chi connectivity index (χ0) is 10.0. The van der Waals surface area contributed by atoms with Crippen LogP contribution in [0.3, 0.4) is 0 Å². The van der Waals surface area contributed by atoms with Crippen LogP contribution in [0.25, 0.3) is 0 Å². The minimum absolute atomic E-state index is 0.240. The quantitative estimate of drug-likeness (QED) is 0.704. The van der Waals surface area contributed by atoms with Crippen LogP contribution in [-0.2, 0) is 6.42 Å². The largest absolute Gasteiger partial charge is 0.273 e. The van der Waals surface area contributed by atoms with Gasteiger partial charge in [-0.15, -0.1) is 0 Å². The van der Waals surface area contributed by atoms with Crippen molar-refractivity contribution in [1.82, 2.24) is 9.78 Å². The van der Waals surface area contributed by atoms with Crippen molar-refractivity contribution in [1.29, 1.82) is 0 Å². The summed E-state index contributed by atoms with van der Waals surface area (Å²) in [6.07, 6.45) is 1.35. The Bertz CT molecular complexity index is 331. The van der Waals surface area contributed by atoms with Gasteiger partial charge < -0.3 is 0 Å². The highest BCUT2D eigenvalue weighted by Gasteiger charge is 2.16. The van der Waals surface area contributed by atoms with Crippen molar-refractivity contribution in [2.45, 2.75) is 33.6 Å². The van der Waals surface area contributed by atoms with Crippen LogP contribution in [0.2, 0.25) is 0 Å². The Labute approximate surface area is 76.6 Å². The van der Waals surface area contributed by atoms with Crippen molar-refractivity contribution in [3.63, 3.8) is 0 Å². The lowest BCUT2D eigenvalue weighted by Gasteiger charge is -2.00. The minimum Gasteiger partial charge on any atom is -0.273 e. The number of nitrogens with zero attached hydrogens (tertiary/aromatic N) is 2. The van der Waals surface area contributed by atoms with Crippen LogP contribution in [0.1, 0.15) is 36.5 Å². The molecule has 1 heterocycles. The average molecular weight is 184 g/mol. The predicted molar refractivity (Wildman–Crippen MR) is 47.2 cm³/mol. The summed E-state index contributed by atoms with van der Waals surface area (Å²) in [5.74, 6) is -0.590. The summed E-state index contributed by atoms with van der Waals surface area (Å²) in [6, 6.07) is 0. The first kappa shape index (κ1) is 9.89. The van der Waals surface area contributed by atoms with E-state index in [0.717, 1.165) is 11.1 Å². The van der Waals surface area contributed by atoms with Crippen molar-refractivity contribution in [3.05, 3.63) is 17.2 Å². The number of rotatable bonds is 2. The van der Waals surface area contributed by atoms with Crippen molar-refractivity contribution in [3.8, 4) is 0 Å². The molecule has 72 valence electrons. The van der Waals surface area contributed by atoms with Crippen LogP contribution >= 0.6 is 0 Å². The molecule has 0 bridgehead atoms. The lowest BCUT2D eigenvalue weighted by molar-refractivity contribution is 0.0916. The highest BCUT2D eigenvalue weighted by atomic mass is 19.1. The van der Waals surface area contributed by atoms with E-state index in [0.29, 0.717) is 17.8 Å². The number of carbonyl (C=O) groups excluding carboxylic acids is 1. The number of carbonyl (C=O) groups is 1. The molecule has 1 aromatic rings. The Balaban J connectivity index is 3.18. The monoisotopic (exact) mass is 184 g/mol. The summed E-state index contributed by atoms with van der Waals surface area (Å²) in [5, 5.41) is 3.82. The van der Waals surface area contributed by atoms with Gasteiger partial charge in [0.2, 0.25) is 5.91 Å². The summed E-state index contributed by atoms with van der Waals surface area (Å²) in [4.78, 5) is 11.0. The van der Waals surface area contributed by atoms with E-state index in [4.69, 9.17) is 0 Å². The second-order valence-corrected chi connectivity index (χ2v) is 3.03. The predicted octanol–water partition coefficient (Wildman–Crippen LogP) is 1.94. The van der Waals surface area contributed by atoms with Crippen LogP contribution in [-0.4, -0.2) is 15.7 Å². The number of hydrogen-bond acceptors (Lipinski definition) is 2. The smallest absolute Gasteiger partial charge is 0.244 e. The topological polar surface area (TPSA) is 34.9 Å². The molecule has 1 rings (SSSR count). The zero-order valence-electron chi connectivity index (χ0n) is 8.09. The maximum atomic E-state index is 13.3. The second kappa shape index (κ2) is 3.68. The summed E-state index contributed by atoms with van der Waals surface area (Å²) in [5.41, 5.74) is 0.686. The molecule has 3 nitrogen and oxygen atoms in total. The van der Waals surface area contributed by atoms with Crippen LogP contribution in [0.5, 0.6) is 0 Å². The molecule has 0 atom stereocenters. The molecule has 0 aliphatic rings. The van der Waals surface area contributed by atoms with Gasteiger partial charge in [0.15, 0.2) is 5.82 Å². The Kier molecular flexibility index (Phi) is 2.80. The molecule has 0 aliphatic carbocycles. The Morgan fingerprint density at radius 3 is 2.69 bits per heavy atom. The van der Waals surface area contributed by atoms with E-state index in [1.807, 2.05) is 6.92 Å². The highest BCUT2D eigenvalue weighted by molar-refractivity contribution is 5.76. The molecule has 4 heteroatoms. The molecule has 0 saturated heterocycles. The van der Waals surface area contributed by atoms with E-state index in [1.54, 1.807) is 6.92 Å². The molecule has 1 aromatic heterocycles. The summed E-state index contributed by atoms with van der Waals surface area (Å²) in [6.45, 7) is 4.88. The second-order valence-electron chi connectivity index (χ2n) is 3.03. The number of aryl methyl sites for hydroxylation is 1. The lowest BCUT2D eigenvalue weighted by atomic mass is 10.2. The number of halogens is 1. The third kappa shape index (κ3) is 1.76. The molecular weight excluding hydrogens is 171 g/mol. The summed E-state index contributed by atoms with van der Waals surface area (Å²) < 4.78 is 14.5. The standard InChI is InChI=1S/C9H13FN2O/c1-4-5-8-9(10)6(2)11-12(8)7(3)13/h4-5H2,1-3H3. The van der Waals surface area contributed by atoms with E-state index in [9.17, 15) is 9.18 Å². The fourth-order valence-corrected chi connectivity index (χ4v) is 1.27. The summed E-state index contributed by atoms with van der Waals surface area (Å²) in [7, 11) is 0. The molecule has 0 N–H and O–H groups in total. The van der Waals surface area contributed by atoms with Gasteiger partial charge in [-0.25, -0.2) is 9.07 Å². The molecule has 13 heavy (non-hydrogen) atoms. The lowest BCUT2D eigenvalue weighted by Crippen LogP contribution is -2.12. The van der Waals surface area contributed by atoms with Crippen LogP contribution in [0.15, 0.2) is 0 Å². The van der Waals surface area contributed by atoms with Gasteiger partial charge in [-0.2, -0.15) is 5.10 Å². The van der Waals surface area contributed by atoms with E-state index in [-0.39, 0.29) is 11.7 Å². The third-order valence-corrected chi connectivity index (χ3v) is 1.86. The Morgan fingerprint density at radius 1 is 1.62 bits per heavy atom. The first-order valence-corrected chi connectivity index (χ1v) is 4.32. The van der Waals surface area contributed by atoms with E-state index in [2.05, 4.69) is 5.10 Å². The molecular formula is C9H13FN2O. The van der Waals surface area contributed by atoms with Crippen molar-refractivity contribution in [2.75, 3.05) is 0 Å². The molecule has 0 unspecified atom stereocenters. The molecule has 0 saturated carbocycles. The van der Waals surface area contributed by atoms with Crippen molar-refractivity contribution in [2.24, 2.45) is 0 Å². The van der Waals surface area contributed by atoms with E-state index in [1.165, 1.54) is 6.92 Å². The van der Waals surface area contributed by atoms with Crippen molar-refractivity contribution < 1.29 is 9.18 Å².